The van der Waals surface area contributed by atoms with Crippen LogP contribution in [0.3, 0.4) is 0 Å². The highest BCUT2D eigenvalue weighted by Crippen LogP contribution is 2.26. The summed E-state index contributed by atoms with van der Waals surface area (Å²) in [6.07, 6.45) is 2.76. The Bertz CT molecular complexity index is 883. The number of fused-ring (bicyclic) bond motifs is 1. The third-order valence-corrected chi connectivity index (χ3v) is 5.02. The number of halogens is 2. The van der Waals surface area contributed by atoms with Crippen LogP contribution in [-0.2, 0) is 19.5 Å². The quantitative estimate of drug-likeness (QED) is 0.656. The van der Waals surface area contributed by atoms with Crippen LogP contribution in [0.1, 0.15) is 17.1 Å². The van der Waals surface area contributed by atoms with Gasteiger partial charge in [0.1, 0.15) is 0 Å². The van der Waals surface area contributed by atoms with Crippen molar-refractivity contribution < 1.29 is 4.52 Å². The van der Waals surface area contributed by atoms with Crippen LogP contribution in [0.4, 0.5) is 0 Å². The standard InChI is InChI=1S/C17H14BrClN4O/c18-14-4-6-20-15-5-7-23(9-13(14)15)10-16-21-17(22-24-16)11-2-1-3-12(19)8-11/h1-4,6,8H,5,7,9-10H2. The highest BCUT2D eigenvalue weighted by atomic mass is 79.9. The highest BCUT2D eigenvalue weighted by molar-refractivity contribution is 9.10. The molecular formula is C17H14BrClN4O. The molecule has 0 unspecified atom stereocenters. The van der Waals surface area contributed by atoms with E-state index in [1.54, 1.807) is 0 Å². The average molecular weight is 406 g/mol. The summed E-state index contributed by atoms with van der Waals surface area (Å²) in [5.74, 6) is 1.17. The molecule has 122 valence electrons. The summed E-state index contributed by atoms with van der Waals surface area (Å²) >= 11 is 9.62. The van der Waals surface area contributed by atoms with Crippen molar-refractivity contribution in [1.29, 1.82) is 0 Å². The van der Waals surface area contributed by atoms with Crippen LogP contribution in [0.25, 0.3) is 11.4 Å². The molecule has 24 heavy (non-hydrogen) atoms. The van der Waals surface area contributed by atoms with Crippen molar-refractivity contribution in [1.82, 2.24) is 20.0 Å². The van der Waals surface area contributed by atoms with Crippen molar-refractivity contribution in [3.63, 3.8) is 0 Å². The fraction of sp³-hybridized carbons (Fsp3) is 0.235. The zero-order valence-corrected chi connectivity index (χ0v) is 15.1. The maximum absolute atomic E-state index is 6.02. The van der Waals surface area contributed by atoms with Crippen molar-refractivity contribution in [2.75, 3.05) is 6.54 Å². The van der Waals surface area contributed by atoms with Crippen LogP contribution in [0.2, 0.25) is 5.02 Å². The summed E-state index contributed by atoms with van der Waals surface area (Å²) in [6.45, 7) is 2.36. The Labute approximate surface area is 152 Å². The van der Waals surface area contributed by atoms with Gasteiger partial charge in [-0.05, 0) is 18.2 Å². The van der Waals surface area contributed by atoms with Gasteiger partial charge in [-0.15, -0.1) is 0 Å². The molecule has 0 bridgehead atoms. The number of rotatable bonds is 3. The molecule has 2 aromatic heterocycles. The summed E-state index contributed by atoms with van der Waals surface area (Å²) in [4.78, 5) is 11.2. The number of nitrogens with zero attached hydrogens (tertiary/aromatic N) is 4. The zero-order valence-electron chi connectivity index (χ0n) is 12.7. The molecule has 5 nitrogen and oxygen atoms in total. The van der Waals surface area contributed by atoms with Crippen LogP contribution in [0.15, 0.2) is 45.5 Å². The van der Waals surface area contributed by atoms with Crippen LogP contribution < -0.4 is 0 Å². The molecule has 0 atom stereocenters. The van der Waals surface area contributed by atoms with Crippen LogP contribution >= 0.6 is 27.5 Å². The van der Waals surface area contributed by atoms with E-state index in [1.165, 1.54) is 5.56 Å². The van der Waals surface area contributed by atoms with Gasteiger partial charge in [0, 0.05) is 52.0 Å². The SMILES string of the molecule is Clc1cccc(-c2noc(CN3CCc4nccc(Br)c4C3)n2)c1. The first-order valence-corrected chi connectivity index (χ1v) is 8.79. The lowest BCUT2D eigenvalue weighted by molar-refractivity contribution is 0.208. The molecule has 0 fully saturated rings. The summed E-state index contributed by atoms with van der Waals surface area (Å²) in [6, 6.07) is 9.42. The van der Waals surface area contributed by atoms with Gasteiger partial charge in [0.25, 0.3) is 0 Å². The van der Waals surface area contributed by atoms with Crippen molar-refractivity contribution in [2.24, 2.45) is 0 Å². The molecule has 3 heterocycles. The van der Waals surface area contributed by atoms with E-state index in [9.17, 15) is 0 Å². The Kier molecular flexibility index (Phi) is 4.35. The Morgan fingerprint density at radius 2 is 2.21 bits per heavy atom. The highest BCUT2D eigenvalue weighted by Gasteiger charge is 2.21. The van der Waals surface area contributed by atoms with Gasteiger partial charge in [-0.3, -0.25) is 9.88 Å². The lowest BCUT2D eigenvalue weighted by Gasteiger charge is -2.27. The lowest BCUT2D eigenvalue weighted by atomic mass is 10.1. The van der Waals surface area contributed by atoms with E-state index in [4.69, 9.17) is 16.1 Å². The molecule has 0 radical (unpaired) electrons. The molecule has 1 aliphatic rings. The second kappa shape index (κ2) is 6.63. The first kappa shape index (κ1) is 15.7. The Morgan fingerprint density at radius 3 is 3.08 bits per heavy atom. The summed E-state index contributed by atoms with van der Waals surface area (Å²) < 4.78 is 6.51. The fourth-order valence-electron chi connectivity index (χ4n) is 2.85. The minimum absolute atomic E-state index is 0.563. The summed E-state index contributed by atoms with van der Waals surface area (Å²) in [5.41, 5.74) is 3.25. The molecule has 1 aliphatic heterocycles. The van der Waals surface area contributed by atoms with Crippen molar-refractivity contribution in [3.8, 4) is 11.4 Å². The van der Waals surface area contributed by atoms with E-state index in [0.717, 1.165) is 35.2 Å². The molecule has 0 aliphatic carbocycles. The summed E-state index contributed by atoms with van der Waals surface area (Å²) in [7, 11) is 0. The van der Waals surface area contributed by atoms with E-state index in [1.807, 2.05) is 36.5 Å². The van der Waals surface area contributed by atoms with Gasteiger partial charge in [0.2, 0.25) is 11.7 Å². The van der Waals surface area contributed by atoms with Gasteiger partial charge in [0.05, 0.1) is 6.54 Å². The minimum Gasteiger partial charge on any atom is -0.338 e. The largest absolute Gasteiger partial charge is 0.338 e. The number of hydrogen-bond acceptors (Lipinski definition) is 5. The Balaban J connectivity index is 1.50. The second-order valence-electron chi connectivity index (χ2n) is 5.70. The fourth-order valence-corrected chi connectivity index (χ4v) is 3.51. The Hall–Kier alpha value is -1.76. The normalized spacial score (nSPS) is 14.6. The maximum atomic E-state index is 6.02. The summed E-state index contributed by atoms with van der Waals surface area (Å²) in [5, 5.41) is 4.72. The van der Waals surface area contributed by atoms with Crippen molar-refractivity contribution >= 4 is 27.5 Å². The molecule has 3 aromatic rings. The Morgan fingerprint density at radius 1 is 1.29 bits per heavy atom. The number of hydrogen-bond donors (Lipinski definition) is 0. The van der Waals surface area contributed by atoms with E-state index < -0.39 is 0 Å². The molecule has 0 saturated heterocycles. The lowest BCUT2D eigenvalue weighted by Crippen LogP contribution is -2.31. The van der Waals surface area contributed by atoms with Gasteiger partial charge in [0.15, 0.2) is 0 Å². The molecule has 1 aromatic carbocycles. The van der Waals surface area contributed by atoms with Gasteiger partial charge in [-0.25, -0.2) is 0 Å². The first-order chi connectivity index (χ1) is 11.7. The number of aromatic nitrogens is 3. The van der Waals surface area contributed by atoms with Crippen LogP contribution in [0.5, 0.6) is 0 Å². The molecule has 4 rings (SSSR count). The third-order valence-electron chi connectivity index (χ3n) is 4.04. The van der Waals surface area contributed by atoms with E-state index in [2.05, 4.69) is 36.0 Å². The topological polar surface area (TPSA) is 55.1 Å². The molecule has 0 saturated carbocycles. The van der Waals surface area contributed by atoms with E-state index in [0.29, 0.717) is 23.3 Å². The predicted octanol–water partition coefficient (Wildman–Crippen LogP) is 4.11. The second-order valence-corrected chi connectivity index (χ2v) is 6.99. The van der Waals surface area contributed by atoms with Gasteiger partial charge < -0.3 is 4.52 Å². The monoisotopic (exact) mass is 404 g/mol. The minimum atomic E-state index is 0.563. The van der Waals surface area contributed by atoms with Gasteiger partial charge in [-0.1, -0.05) is 44.8 Å². The van der Waals surface area contributed by atoms with E-state index >= 15 is 0 Å². The zero-order chi connectivity index (χ0) is 16.5. The van der Waals surface area contributed by atoms with Gasteiger partial charge in [-0.2, -0.15) is 4.98 Å². The smallest absolute Gasteiger partial charge is 0.241 e. The van der Waals surface area contributed by atoms with Crippen LogP contribution in [0, 0.1) is 0 Å². The molecular weight excluding hydrogens is 392 g/mol. The first-order valence-electron chi connectivity index (χ1n) is 7.62. The average Bonchev–Trinajstić information content (AvgIpc) is 3.04. The van der Waals surface area contributed by atoms with E-state index in [-0.39, 0.29) is 0 Å². The third kappa shape index (κ3) is 3.22. The molecule has 0 N–H and O–H groups in total. The van der Waals surface area contributed by atoms with Gasteiger partial charge >= 0.3 is 0 Å². The van der Waals surface area contributed by atoms with Crippen molar-refractivity contribution in [2.45, 2.75) is 19.5 Å². The van der Waals surface area contributed by atoms with Crippen LogP contribution in [-0.4, -0.2) is 26.6 Å². The number of benzene rings is 1. The number of pyridine rings is 1. The molecule has 0 spiro atoms. The maximum Gasteiger partial charge on any atom is 0.241 e. The molecule has 0 amide bonds. The predicted molar refractivity (Wildman–Crippen MR) is 94.5 cm³/mol. The molecule has 7 heteroatoms. The van der Waals surface area contributed by atoms with Crippen molar-refractivity contribution in [3.05, 3.63) is 63.2 Å².